The van der Waals surface area contributed by atoms with E-state index in [9.17, 15) is 4.79 Å². The Hall–Kier alpha value is -3.70. The highest BCUT2D eigenvalue weighted by atomic mass is 16.5. The van der Waals surface area contributed by atoms with Gasteiger partial charge in [-0.25, -0.2) is 9.78 Å². The van der Waals surface area contributed by atoms with E-state index in [1.165, 1.54) is 37.5 Å². The molecular formula is C28H27N3O2. The molecule has 0 bridgehead atoms. The number of para-hydroxylation sites is 1. The van der Waals surface area contributed by atoms with Crippen molar-refractivity contribution in [2.75, 3.05) is 7.11 Å². The topological polar surface area (TPSA) is 81.0 Å². The number of aromatic nitrogens is 2. The Balaban J connectivity index is 1.45. The number of methoxy groups -OCH3 is 1. The van der Waals surface area contributed by atoms with Gasteiger partial charge in [0.15, 0.2) is 0 Å². The van der Waals surface area contributed by atoms with Crippen LogP contribution in [0.25, 0.3) is 27.7 Å². The van der Waals surface area contributed by atoms with Crippen LogP contribution < -0.4 is 5.73 Å². The number of H-pyrrole nitrogens is 1. The summed E-state index contributed by atoms with van der Waals surface area (Å²) in [6.45, 7) is 0. The summed E-state index contributed by atoms with van der Waals surface area (Å²) >= 11 is 0. The lowest BCUT2D eigenvalue weighted by Gasteiger charge is -2.13. The molecule has 0 fully saturated rings. The maximum Gasteiger partial charge on any atom is 0.337 e. The predicted octanol–water partition coefficient (Wildman–Crippen LogP) is 6.02. The molecular weight excluding hydrogens is 410 g/mol. The van der Waals surface area contributed by atoms with Crippen LogP contribution in [0.2, 0.25) is 0 Å². The van der Waals surface area contributed by atoms with E-state index in [0.717, 1.165) is 34.1 Å². The van der Waals surface area contributed by atoms with Crippen molar-refractivity contribution in [2.24, 2.45) is 5.73 Å². The summed E-state index contributed by atoms with van der Waals surface area (Å²) in [5, 5.41) is 0. The third-order valence-electron chi connectivity index (χ3n) is 6.37. The minimum Gasteiger partial charge on any atom is -0.465 e. The Labute approximate surface area is 193 Å². The molecule has 1 unspecified atom stereocenters. The number of nitrogens with two attached hydrogens (primary N) is 1. The molecule has 5 rings (SSSR count). The Morgan fingerprint density at radius 1 is 1.00 bits per heavy atom. The second-order valence-corrected chi connectivity index (χ2v) is 8.47. The minimum atomic E-state index is -0.433. The van der Waals surface area contributed by atoms with Gasteiger partial charge < -0.3 is 15.5 Å². The molecule has 0 saturated carbocycles. The van der Waals surface area contributed by atoms with E-state index in [2.05, 4.69) is 41.4 Å². The normalized spacial score (nSPS) is 14.7. The third-order valence-corrected chi connectivity index (χ3v) is 6.37. The van der Waals surface area contributed by atoms with Crippen LogP contribution in [0.5, 0.6) is 0 Å². The van der Waals surface area contributed by atoms with Crippen molar-refractivity contribution in [1.82, 2.24) is 9.97 Å². The number of rotatable bonds is 5. The largest absolute Gasteiger partial charge is 0.465 e. The van der Waals surface area contributed by atoms with E-state index < -0.39 is 6.04 Å². The summed E-state index contributed by atoms with van der Waals surface area (Å²) in [6.07, 6.45) is 7.28. The highest BCUT2D eigenvalue weighted by Crippen LogP contribution is 2.32. The van der Waals surface area contributed by atoms with E-state index in [0.29, 0.717) is 11.4 Å². The maximum absolute atomic E-state index is 11.7. The first-order chi connectivity index (χ1) is 16.1. The standard InChI is InChI=1S/C28H27N3O2/c1-33-28(32)22-16-14-21(15-17-22)25(29)27-30-24-9-5-8-23(26(24)31-27)20-12-10-19(11-13-20)18-6-3-2-4-7-18/h5-6,8-17,25H,2-4,7,29H2,1H3,(H,30,31). The van der Waals surface area contributed by atoms with Gasteiger partial charge in [0.25, 0.3) is 0 Å². The molecule has 1 heterocycles. The Kier molecular flexibility index (Phi) is 5.80. The van der Waals surface area contributed by atoms with Crippen molar-refractivity contribution in [3.63, 3.8) is 0 Å². The summed E-state index contributed by atoms with van der Waals surface area (Å²) in [4.78, 5) is 19.9. The van der Waals surface area contributed by atoms with Gasteiger partial charge in [-0.15, -0.1) is 0 Å². The van der Waals surface area contributed by atoms with Crippen LogP contribution >= 0.6 is 0 Å². The molecule has 0 amide bonds. The van der Waals surface area contributed by atoms with Gasteiger partial charge in [-0.2, -0.15) is 0 Å². The Morgan fingerprint density at radius 2 is 1.76 bits per heavy atom. The number of nitrogens with zero attached hydrogens (tertiary/aromatic N) is 1. The van der Waals surface area contributed by atoms with Crippen LogP contribution in [0.1, 0.15) is 59.0 Å². The van der Waals surface area contributed by atoms with Gasteiger partial charge in [0.05, 0.1) is 29.7 Å². The number of aromatic amines is 1. The molecule has 0 saturated heterocycles. The predicted molar refractivity (Wildman–Crippen MR) is 132 cm³/mol. The van der Waals surface area contributed by atoms with E-state index in [-0.39, 0.29) is 5.97 Å². The molecule has 0 aliphatic heterocycles. The molecule has 1 aliphatic carbocycles. The number of carbonyl (C=O) groups is 1. The number of hydrogen-bond donors (Lipinski definition) is 2. The molecule has 0 spiro atoms. The van der Waals surface area contributed by atoms with Gasteiger partial charge in [0, 0.05) is 5.56 Å². The van der Waals surface area contributed by atoms with E-state index >= 15 is 0 Å². The molecule has 3 N–H and O–H groups in total. The van der Waals surface area contributed by atoms with Crippen LogP contribution in [0.4, 0.5) is 0 Å². The van der Waals surface area contributed by atoms with Gasteiger partial charge >= 0.3 is 5.97 Å². The van der Waals surface area contributed by atoms with Crippen molar-refractivity contribution in [1.29, 1.82) is 0 Å². The molecule has 1 aromatic heterocycles. The number of imidazole rings is 1. The number of nitrogens with one attached hydrogen (secondary N) is 1. The number of benzene rings is 3. The summed E-state index contributed by atoms with van der Waals surface area (Å²) < 4.78 is 4.77. The van der Waals surface area contributed by atoms with Gasteiger partial charge in [0.1, 0.15) is 5.82 Å². The first-order valence-electron chi connectivity index (χ1n) is 11.4. The summed E-state index contributed by atoms with van der Waals surface area (Å²) in [6, 6.07) is 21.6. The lowest BCUT2D eigenvalue weighted by atomic mass is 9.92. The molecule has 1 aliphatic rings. The Bertz CT molecular complexity index is 1320. The summed E-state index contributed by atoms with van der Waals surface area (Å²) in [5.74, 6) is 0.321. The van der Waals surface area contributed by atoms with Gasteiger partial charge in [-0.05, 0) is 66.1 Å². The van der Waals surface area contributed by atoms with Crippen LogP contribution in [0.15, 0.2) is 72.8 Å². The number of fused-ring (bicyclic) bond motifs is 1. The van der Waals surface area contributed by atoms with Gasteiger partial charge in [-0.1, -0.05) is 54.6 Å². The average molecular weight is 438 g/mol. The zero-order valence-electron chi connectivity index (χ0n) is 18.7. The summed E-state index contributed by atoms with van der Waals surface area (Å²) in [5.41, 5.74) is 14.7. The number of carbonyl (C=O) groups excluding carboxylic acids is 1. The van der Waals surface area contributed by atoms with Crippen LogP contribution in [0.3, 0.4) is 0 Å². The lowest BCUT2D eigenvalue weighted by molar-refractivity contribution is 0.0600. The van der Waals surface area contributed by atoms with Crippen LogP contribution in [-0.2, 0) is 4.74 Å². The molecule has 5 nitrogen and oxygen atoms in total. The van der Waals surface area contributed by atoms with Crippen molar-refractivity contribution < 1.29 is 9.53 Å². The number of esters is 1. The zero-order chi connectivity index (χ0) is 22.8. The quantitative estimate of drug-likeness (QED) is 0.374. The number of ether oxygens (including phenoxy) is 1. The highest BCUT2D eigenvalue weighted by molar-refractivity contribution is 5.92. The van der Waals surface area contributed by atoms with E-state index in [1.54, 1.807) is 12.1 Å². The van der Waals surface area contributed by atoms with Gasteiger partial charge in [0.2, 0.25) is 0 Å². The zero-order valence-corrected chi connectivity index (χ0v) is 18.7. The van der Waals surface area contributed by atoms with Crippen molar-refractivity contribution in [3.8, 4) is 11.1 Å². The van der Waals surface area contributed by atoms with E-state index in [1.807, 2.05) is 24.3 Å². The maximum atomic E-state index is 11.7. The van der Waals surface area contributed by atoms with Crippen LogP contribution in [-0.4, -0.2) is 23.0 Å². The number of allylic oxidation sites excluding steroid dienone is 2. The second kappa shape index (κ2) is 9.04. The first-order valence-corrected chi connectivity index (χ1v) is 11.4. The summed E-state index contributed by atoms with van der Waals surface area (Å²) in [7, 11) is 1.37. The van der Waals surface area contributed by atoms with Crippen LogP contribution in [0, 0.1) is 0 Å². The third kappa shape index (κ3) is 4.20. The molecule has 4 aromatic rings. The fourth-order valence-corrected chi connectivity index (χ4v) is 4.50. The SMILES string of the molecule is COC(=O)c1ccc(C(N)c2nc3c(-c4ccc(C5=CCCCC5)cc4)cccc3[nH]2)cc1. The molecule has 1 atom stereocenters. The average Bonchev–Trinajstić information content (AvgIpc) is 3.33. The van der Waals surface area contributed by atoms with Gasteiger partial charge in [-0.3, -0.25) is 0 Å². The van der Waals surface area contributed by atoms with E-state index in [4.69, 9.17) is 15.5 Å². The molecule has 0 radical (unpaired) electrons. The minimum absolute atomic E-state index is 0.366. The number of hydrogen-bond acceptors (Lipinski definition) is 4. The molecule has 166 valence electrons. The van der Waals surface area contributed by atoms with Crippen molar-refractivity contribution in [3.05, 3.63) is 95.3 Å². The molecule has 3 aromatic carbocycles. The second-order valence-electron chi connectivity index (χ2n) is 8.47. The fourth-order valence-electron chi connectivity index (χ4n) is 4.50. The van der Waals surface area contributed by atoms with Crippen molar-refractivity contribution >= 4 is 22.6 Å². The first kappa shape index (κ1) is 21.2. The highest BCUT2D eigenvalue weighted by Gasteiger charge is 2.17. The lowest BCUT2D eigenvalue weighted by Crippen LogP contribution is -2.14. The molecule has 5 heteroatoms. The smallest absolute Gasteiger partial charge is 0.337 e. The van der Waals surface area contributed by atoms with Crippen molar-refractivity contribution in [2.45, 2.75) is 31.7 Å². The fraction of sp³-hybridized carbons (Fsp3) is 0.214. The monoisotopic (exact) mass is 437 g/mol. The molecule has 33 heavy (non-hydrogen) atoms. The Morgan fingerprint density at radius 3 is 2.45 bits per heavy atom.